The number of pyridine rings is 1. The fraction of sp³-hybridized carbons (Fsp3) is 0.200. The number of hydrogen-bond donors (Lipinski definition) is 0. The van der Waals surface area contributed by atoms with Crippen LogP contribution in [0.2, 0.25) is 0 Å². The third-order valence-corrected chi connectivity index (χ3v) is 2.96. The number of aryl methyl sites for hydroxylation is 1. The molecule has 0 aromatic carbocycles. The van der Waals surface area contributed by atoms with Gasteiger partial charge in [-0.25, -0.2) is 9.67 Å². The first kappa shape index (κ1) is 10.9. The van der Waals surface area contributed by atoms with Crippen LogP contribution in [0.15, 0.2) is 24.5 Å². The van der Waals surface area contributed by atoms with Gasteiger partial charge in [0.1, 0.15) is 0 Å². The van der Waals surface area contributed by atoms with Crippen molar-refractivity contribution in [3.63, 3.8) is 0 Å². The summed E-state index contributed by atoms with van der Waals surface area (Å²) in [5, 5.41) is 4.20. The van der Waals surface area contributed by atoms with Crippen molar-refractivity contribution < 1.29 is 0 Å². The molecule has 0 amide bonds. The summed E-state index contributed by atoms with van der Waals surface area (Å²) in [6.45, 7) is 1.95. The van der Waals surface area contributed by atoms with Crippen molar-refractivity contribution in [3.05, 3.63) is 39.4 Å². The van der Waals surface area contributed by atoms with Crippen molar-refractivity contribution in [2.75, 3.05) is 0 Å². The third kappa shape index (κ3) is 2.31. The lowest BCUT2D eigenvalue weighted by Crippen LogP contribution is -2.00. The molecular formula is C10H9ClIN3. The molecular weight excluding hydrogens is 324 g/mol. The van der Waals surface area contributed by atoms with E-state index in [0.717, 1.165) is 20.6 Å². The molecule has 5 heteroatoms. The first-order chi connectivity index (χ1) is 7.20. The predicted octanol–water partition coefficient (Wildman–Crippen LogP) is 2.92. The van der Waals surface area contributed by atoms with Gasteiger partial charge in [-0.2, -0.15) is 5.10 Å². The van der Waals surface area contributed by atoms with Gasteiger partial charge in [0, 0.05) is 17.8 Å². The van der Waals surface area contributed by atoms with Crippen molar-refractivity contribution >= 4 is 34.2 Å². The molecule has 15 heavy (non-hydrogen) atoms. The Morgan fingerprint density at radius 3 is 2.80 bits per heavy atom. The summed E-state index contributed by atoms with van der Waals surface area (Å²) in [5.74, 6) is 1.32. The van der Waals surface area contributed by atoms with Crippen LogP contribution in [0.3, 0.4) is 0 Å². The molecule has 2 heterocycles. The highest BCUT2D eigenvalue weighted by molar-refractivity contribution is 14.1. The van der Waals surface area contributed by atoms with Crippen LogP contribution in [0.1, 0.15) is 11.3 Å². The monoisotopic (exact) mass is 333 g/mol. The van der Waals surface area contributed by atoms with Gasteiger partial charge in [-0.1, -0.05) is 6.07 Å². The van der Waals surface area contributed by atoms with E-state index in [1.165, 1.54) is 0 Å². The van der Waals surface area contributed by atoms with Crippen LogP contribution in [-0.2, 0) is 5.88 Å². The van der Waals surface area contributed by atoms with Crippen LogP contribution in [0, 0.1) is 10.5 Å². The molecule has 0 saturated carbocycles. The molecule has 78 valence electrons. The minimum absolute atomic E-state index is 0.496. The number of halogens is 2. The molecule has 0 aliphatic heterocycles. The lowest BCUT2D eigenvalue weighted by Gasteiger charge is -2.04. The molecule has 0 atom stereocenters. The first-order valence-corrected chi connectivity index (χ1v) is 6.05. The Hall–Kier alpha value is -0.620. The number of nitrogens with zero attached hydrogens (tertiary/aromatic N) is 3. The largest absolute Gasteiger partial charge is 0.234 e. The molecule has 3 nitrogen and oxygen atoms in total. The lowest BCUT2D eigenvalue weighted by atomic mass is 10.2. The molecule has 0 aliphatic rings. The number of hydrogen-bond acceptors (Lipinski definition) is 2. The summed E-state index contributed by atoms with van der Waals surface area (Å²) < 4.78 is 2.85. The minimum Gasteiger partial charge on any atom is -0.234 e. The van der Waals surface area contributed by atoms with E-state index < -0.39 is 0 Å². The Kier molecular flexibility index (Phi) is 3.25. The molecule has 0 spiro atoms. The maximum Gasteiger partial charge on any atom is 0.153 e. The summed E-state index contributed by atoms with van der Waals surface area (Å²) in [4.78, 5) is 4.44. The van der Waals surface area contributed by atoms with E-state index in [1.54, 1.807) is 10.9 Å². The van der Waals surface area contributed by atoms with Crippen molar-refractivity contribution in [1.29, 1.82) is 0 Å². The van der Waals surface area contributed by atoms with Crippen LogP contribution in [0.5, 0.6) is 0 Å². The number of aromatic nitrogens is 3. The average molecular weight is 334 g/mol. The second-order valence-electron chi connectivity index (χ2n) is 3.15. The Balaban J connectivity index is 2.42. The van der Waals surface area contributed by atoms with Gasteiger partial charge >= 0.3 is 0 Å². The standard InChI is InChI=1S/C10H9ClIN3/c1-7-8(4-11)2-3-10(14-7)15-6-9(12)5-13-15/h2-3,5-6H,4H2,1H3. The summed E-state index contributed by atoms with van der Waals surface area (Å²) >= 11 is 7.99. The first-order valence-electron chi connectivity index (χ1n) is 4.44. The topological polar surface area (TPSA) is 30.7 Å². The van der Waals surface area contributed by atoms with E-state index in [0.29, 0.717) is 5.88 Å². The van der Waals surface area contributed by atoms with Crippen LogP contribution >= 0.6 is 34.2 Å². The van der Waals surface area contributed by atoms with Crippen molar-refractivity contribution in [2.45, 2.75) is 12.8 Å². The van der Waals surface area contributed by atoms with Crippen LogP contribution in [-0.4, -0.2) is 14.8 Å². The summed E-state index contributed by atoms with van der Waals surface area (Å²) in [6.07, 6.45) is 3.73. The van der Waals surface area contributed by atoms with Gasteiger partial charge in [-0.05, 0) is 41.1 Å². The van der Waals surface area contributed by atoms with Gasteiger partial charge in [0.05, 0.1) is 9.77 Å². The predicted molar refractivity (Wildman–Crippen MR) is 68.4 cm³/mol. The quantitative estimate of drug-likeness (QED) is 0.625. The summed E-state index contributed by atoms with van der Waals surface area (Å²) in [6, 6.07) is 3.91. The van der Waals surface area contributed by atoms with Gasteiger partial charge in [-0.3, -0.25) is 0 Å². The SMILES string of the molecule is Cc1nc(-n2cc(I)cn2)ccc1CCl. The Morgan fingerprint density at radius 1 is 1.47 bits per heavy atom. The molecule has 2 aromatic rings. The lowest BCUT2D eigenvalue weighted by molar-refractivity contribution is 0.837. The van der Waals surface area contributed by atoms with Crippen molar-refractivity contribution in [2.24, 2.45) is 0 Å². The van der Waals surface area contributed by atoms with Gasteiger partial charge in [0.2, 0.25) is 0 Å². The van der Waals surface area contributed by atoms with Crippen LogP contribution < -0.4 is 0 Å². The average Bonchev–Trinajstić information content (AvgIpc) is 2.65. The molecule has 0 aliphatic carbocycles. The molecule has 0 saturated heterocycles. The van der Waals surface area contributed by atoms with E-state index in [2.05, 4.69) is 32.7 Å². The minimum atomic E-state index is 0.496. The molecule has 0 radical (unpaired) electrons. The highest BCUT2D eigenvalue weighted by Crippen LogP contribution is 2.13. The second kappa shape index (κ2) is 4.49. The van der Waals surface area contributed by atoms with E-state index in [9.17, 15) is 0 Å². The zero-order valence-electron chi connectivity index (χ0n) is 8.11. The Bertz CT molecular complexity index is 481. The maximum absolute atomic E-state index is 5.77. The summed E-state index contributed by atoms with van der Waals surface area (Å²) in [5.41, 5.74) is 2.01. The molecule has 0 bridgehead atoms. The van der Waals surface area contributed by atoms with Gasteiger partial charge in [0.15, 0.2) is 5.82 Å². The van der Waals surface area contributed by atoms with Crippen molar-refractivity contribution in [1.82, 2.24) is 14.8 Å². The highest BCUT2D eigenvalue weighted by atomic mass is 127. The van der Waals surface area contributed by atoms with Gasteiger partial charge < -0.3 is 0 Å². The highest BCUT2D eigenvalue weighted by Gasteiger charge is 2.03. The third-order valence-electron chi connectivity index (χ3n) is 2.11. The zero-order valence-corrected chi connectivity index (χ0v) is 11.0. The Morgan fingerprint density at radius 2 is 2.27 bits per heavy atom. The normalized spacial score (nSPS) is 10.6. The van der Waals surface area contributed by atoms with E-state index in [-0.39, 0.29) is 0 Å². The number of rotatable bonds is 2. The number of alkyl halides is 1. The zero-order chi connectivity index (χ0) is 10.8. The Labute approximate surface area is 107 Å². The fourth-order valence-electron chi connectivity index (χ4n) is 1.27. The molecule has 2 aromatic heterocycles. The molecule has 2 rings (SSSR count). The summed E-state index contributed by atoms with van der Waals surface area (Å²) in [7, 11) is 0. The molecule has 0 unspecified atom stereocenters. The maximum atomic E-state index is 5.77. The van der Waals surface area contributed by atoms with Crippen molar-refractivity contribution in [3.8, 4) is 5.82 Å². The van der Waals surface area contributed by atoms with Gasteiger partial charge in [-0.15, -0.1) is 11.6 Å². The van der Waals surface area contributed by atoms with E-state index >= 15 is 0 Å². The smallest absolute Gasteiger partial charge is 0.153 e. The molecule has 0 N–H and O–H groups in total. The fourth-order valence-corrected chi connectivity index (χ4v) is 1.94. The van der Waals surface area contributed by atoms with Gasteiger partial charge in [0.25, 0.3) is 0 Å². The van der Waals surface area contributed by atoms with Crippen LogP contribution in [0.4, 0.5) is 0 Å². The molecule has 0 fully saturated rings. The van der Waals surface area contributed by atoms with E-state index in [4.69, 9.17) is 11.6 Å². The van der Waals surface area contributed by atoms with E-state index in [1.807, 2.05) is 25.3 Å². The van der Waals surface area contributed by atoms with Crippen LogP contribution in [0.25, 0.3) is 5.82 Å². The second-order valence-corrected chi connectivity index (χ2v) is 4.66.